The van der Waals surface area contributed by atoms with Crippen LogP contribution < -0.4 is 19.5 Å². The molecule has 0 spiro atoms. The van der Waals surface area contributed by atoms with Crippen LogP contribution in [0.5, 0.6) is 17.2 Å². The summed E-state index contributed by atoms with van der Waals surface area (Å²) < 4.78 is 31.1. The molecule has 2 heterocycles. The second kappa shape index (κ2) is 8.80. The number of H-pyrrole nitrogens is 1. The molecule has 33 heavy (non-hydrogen) atoms. The van der Waals surface area contributed by atoms with Crippen LogP contribution in [0.1, 0.15) is 5.56 Å². The molecule has 0 bridgehead atoms. The molecule has 0 aliphatic heterocycles. The van der Waals surface area contributed by atoms with E-state index in [0.29, 0.717) is 39.7 Å². The van der Waals surface area contributed by atoms with Crippen LogP contribution in [0.2, 0.25) is 0 Å². The number of methoxy groups -OCH3 is 2. The van der Waals surface area contributed by atoms with E-state index in [1.807, 2.05) is 0 Å². The number of fused-ring (bicyclic) bond motifs is 1. The molecule has 10 nitrogen and oxygen atoms in total. The summed E-state index contributed by atoms with van der Waals surface area (Å²) in [4.78, 5) is 15.4. The highest BCUT2D eigenvalue weighted by molar-refractivity contribution is 5.82. The van der Waals surface area contributed by atoms with Gasteiger partial charge in [-0.05, 0) is 30.3 Å². The van der Waals surface area contributed by atoms with E-state index in [-0.39, 0.29) is 11.5 Å². The zero-order valence-electron chi connectivity index (χ0n) is 17.5. The zero-order valence-corrected chi connectivity index (χ0v) is 17.5. The van der Waals surface area contributed by atoms with E-state index in [0.717, 1.165) is 0 Å². The van der Waals surface area contributed by atoms with E-state index in [1.54, 1.807) is 28.8 Å². The first-order valence-corrected chi connectivity index (χ1v) is 9.58. The Hall–Kier alpha value is -4.72. The number of benzene rings is 2. The minimum absolute atomic E-state index is 0.0631. The molecule has 0 radical (unpaired) electrons. The number of rotatable bonds is 8. The van der Waals surface area contributed by atoms with Gasteiger partial charge in [0.2, 0.25) is 0 Å². The van der Waals surface area contributed by atoms with Crippen molar-refractivity contribution < 1.29 is 28.5 Å². The number of hydrogen-bond acceptors (Lipinski definition) is 7. The molecule has 0 aliphatic carbocycles. The van der Waals surface area contributed by atoms with E-state index >= 15 is 0 Å². The Labute approximate surface area is 186 Å². The number of hydrogen-bond donors (Lipinski definition) is 3. The molecular formula is C22H18FN5O5. The summed E-state index contributed by atoms with van der Waals surface area (Å²) in [6, 6.07) is 11.3. The molecule has 0 atom stereocenters. The molecule has 4 aromatic rings. The maximum atomic E-state index is 13.9. The topological polar surface area (TPSA) is 134 Å². The number of imidazole rings is 1. The van der Waals surface area contributed by atoms with Crippen molar-refractivity contribution >= 4 is 23.1 Å². The summed E-state index contributed by atoms with van der Waals surface area (Å²) in [6.07, 6.45) is 1.52. The number of nitrogens with one attached hydrogen (secondary N) is 2. The Morgan fingerprint density at radius 2 is 2.00 bits per heavy atom. The Kier molecular flexibility index (Phi) is 5.73. The van der Waals surface area contributed by atoms with Crippen LogP contribution in [0, 0.1) is 17.1 Å². The van der Waals surface area contributed by atoms with E-state index < -0.39 is 18.4 Å². The van der Waals surface area contributed by atoms with E-state index in [4.69, 9.17) is 19.3 Å². The fourth-order valence-electron chi connectivity index (χ4n) is 3.27. The molecule has 3 N–H and O–H groups in total. The van der Waals surface area contributed by atoms with Crippen LogP contribution in [-0.4, -0.2) is 46.5 Å². The predicted octanol–water partition coefficient (Wildman–Crippen LogP) is 3.56. The molecule has 0 amide bonds. The fraction of sp³-hybridized carbons (Fsp3) is 0.136. The number of anilines is 2. The smallest absolute Gasteiger partial charge is 0.341 e. The van der Waals surface area contributed by atoms with Gasteiger partial charge in [-0.15, -0.1) is 0 Å². The van der Waals surface area contributed by atoms with Crippen molar-refractivity contribution in [2.45, 2.75) is 0 Å². The van der Waals surface area contributed by atoms with Gasteiger partial charge in [0.1, 0.15) is 17.3 Å². The van der Waals surface area contributed by atoms with Gasteiger partial charge in [0.15, 0.2) is 41.1 Å². The van der Waals surface area contributed by atoms with Gasteiger partial charge in [0.25, 0.3) is 0 Å². The number of carbonyl (C=O) groups is 1. The maximum Gasteiger partial charge on any atom is 0.341 e. The van der Waals surface area contributed by atoms with Gasteiger partial charge in [-0.25, -0.2) is 18.7 Å². The third-order valence-corrected chi connectivity index (χ3v) is 4.78. The maximum absolute atomic E-state index is 13.9. The average Bonchev–Trinajstić information content (AvgIpc) is 3.38. The quantitative estimate of drug-likeness (QED) is 0.370. The number of nitrogens with zero attached hydrogens (tertiary/aromatic N) is 3. The molecule has 11 heteroatoms. The van der Waals surface area contributed by atoms with Gasteiger partial charge >= 0.3 is 5.97 Å². The molecule has 0 saturated heterocycles. The number of aromatic nitrogens is 3. The van der Waals surface area contributed by atoms with Crippen LogP contribution >= 0.6 is 0 Å². The Morgan fingerprint density at radius 3 is 2.70 bits per heavy atom. The summed E-state index contributed by atoms with van der Waals surface area (Å²) in [6.45, 7) is -0.520. The monoisotopic (exact) mass is 451 g/mol. The summed E-state index contributed by atoms with van der Waals surface area (Å²) in [7, 11) is 2.80. The first-order chi connectivity index (χ1) is 15.9. The van der Waals surface area contributed by atoms with E-state index in [2.05, 4.69) is 21.5 Å². The minimum Gasteiger partial charge on any atom is -0.494 e. The molecule has 2 aromatic carbocycles. The first-order valence-electron chi connectivity index (χ1n) is 9.58. The second-order valence-corrected chi connectivity index (χ2v) is 6.79. The summed E-state index contributed by atoms with van der Waals surface area (Å²) >= 11 is 0. The van der Waals surface area contributed by atoms with Gasteiger partial charge in [0, 0.05) is 23.5 Å². The van der Waals surface area contributed by atoms with Gasteiger partial charge in [-0.1, -0.05) is 0 Å². The van der Waals surface area contributed by atoms with Gasteiger partial charge < -0.3 is 24.6 Å². The fourth-order valence-corrected chi connectivity index (χ4v) is 3.27. The lowest BCUT2D eigenvalue weighted by atomic mass is 10.1. The molecular weight excluding hydrogens is 433 g/mol. The van der Waals surface area contributed by atoms with Crippen molar-refractivity contribution in [3.05, 3.63) is 54.0 Å². The Morgan fingerprint density at radius 1 is 1.21 bits per heavy atom. The number of ether oxygens (including phenoxy) is 3. The van der Waals surface area contributed by atoms with Crippen molar-refractivity contribution in [2.75, 3.05) is 26.1 Å². The van der Waals surface area contributed by atoms with Gasteiger partial charge in [0.05, 0.1) is 14.2 Å². The van der Waals surface area contributed by atoms with Crippen molar-refractivity contribution in [1.82, 2.24) is 14.6 Å². The van der Waals surface area contributed by atoms with Crippen LogP contribution in [0.25, 0.3) is 16.9 Å². The highest BCUT2D eigenvalue weighted by Gasteiger charge is 2.20. The molecule has 0 aliphatic rings. The lowest BCUT2D eigenvalue weighted by molar-refractivity contribution is -0.139. The van der Waals surface area contributed by atoms with Crippen molar-refractivity contribution in [3.63, 3.8) is 0 Å². The minimum atomic E-state index is -1.12. The van der Waals surface area contributed by atoms with Gasteiger partial charge in [-0.3, -0.25) is 5.10 Å². The predicted molar refractivity (Wildman–Crippen MR) is 116 cm³/mol. The van der Waals surface area contributed by atoms with Crippen molar-refractivity contribution in [2.24, 2.45) is 0 Å². The SMILES string of the molecule is COc1cc(Nc2c(-c3ccc(OCC(=O)O)c(OC)c3)nc3c(C#N)c[nH]n23)ccc1F. The lowest BCUT2D eigenvalue weighted by Gasteiger charge is -2.12. The van der Waals surface area contributed by atoms with Crippen LogP contribution in [-0.2, 0) is 4.79 Å². The Balaban J connectivity index is 1.82. The summed E-state index contributed by atoms with van der Waals surface area (Å²) in [5.74, 6) is -0.524. The third kappa shape index (κ3) is 4.09. The second-order valence-electron chi connectivity index (χ2n) is 6.79. The lowest BCUT2D eigenvalue weighted by Crippen LogP contribution is -2.10. The average molecular weight is 451 g/mol. The van der Waals surface area contributed by atoms with Crippen molar-refractivity contribution in [1.29, 1.82) is 5.26 Å². The van der Waals surface area contributed by atoms with Crippen LogP contribution in [0.3, 0.4) is 0 Å². The summed E-state index contributed by atoms with van der Waals surface area (Å²) in [5.41, 5.74) is 2.30. The van der Waals surface area contributed by atoms with E-state index in [9.17, 15) is 14.4 Å². The van der Waals surface area contributed by atoms with Crippen LogP contribution in [0.4, 0.5) is 15.9 Å². The highest BCUT2D eigenvalue weighted by Crippen LogP contribution is 2.37. The number of aliphatic carboxylic acids is 1. The largest absolute Gasteiger partial charge is 0.494 e. The zero-order chi connectivity index (χ0) is 23.5. The number of carboxylic acid groups (broad SMARTS) is 1. The first kappa shape index (κ1) is 21.5. The van der Waals surface area contributed by atoms with E-state index in [1.165, 1.54) is 32.5 Å². The van der Waals surface area contributed by atoms with Crippen LogP contribution in [0.15, 0.2) is 42.6 Å². The molecule has 4 rings (SSSR count). The summed E-state index contributed by atoms with van der Waals surface area (Å²) in [5, 5.41) is 24.4. The number of aromatic amines is 1. The molecule has 2 aromatic heterocycles. The molecule has 0 saturated carbocycles. The number of carboxylic acids is 1. The standard InChI is InChI=1S/C22H18FN5O5/c1-31-17-8-14(4-5-15(17)23)26-22-20(27-21-13(9-24)10-25-28(21)22)12-3-6-16(18(7-12)32-2)33-11-19(29)30/h3-8,10,25-26H,11H2,1-2H3,(H,29,30). The molecule has 0 fully saturated rings. The number of nitriles is 1. The number of halogens is 1. The molecule has 168 valence electrons. The van der Waals surface area contributed by atoms with Crippen molar-refractivity contribution in [3.8, 4) is 34.6 Å². The highest BCUT2D eigenvalue weighted by atomic mass is 19.1. The normalized spacial score (nSPS) is 10.6. The third-order valence-electron chi connectivity index (χ3n) is 4.78. The molecule has 0 unspecified atom stereocenters. The van der Waals surface area contributed by atoms with Gasteiger partial charge in [-0.2, -0.15) is 5.26 Å². The Bertz CT molecular complexity index is 1390.